The Labute approximate surface area is 128 Å². The monoisotopic (exact) mass is 324 g/mol. The van der Waals surface area contributed by atoms with Crippen molar-refractivity contribution in [1.29, 1.82) is 0 Å². The van der Waals surface area contributed by atoms with E-state index in [1.54, 1.807) is 24.3 Å². The van der Waals surface area contributed by atoms with Gasteiger partial charge in [0, 0.05) is 17.9 Å². The molecule has 0 spiro atoms. The van der Waals surface area contributed by atoms with Crippen LogP contribution in [0.25, 0.3) is 0 Å². The van der Waals surface area contributed by atoms with Crippen molar-refractivity contribution in [2.75, 3.05) is 6.26 Å². The zero-order chi connectivity index (χ0) is 15.6. The Morgan fingerprint density at radius 3 is 2.33 bits per heavy atom. The Balaban J connectivity index is 2.31. The van der Waals surface area contributed by atoms with Gasteiger partial charge >= 0.3 is 0 Å². The summed E-state index contributed by atoms with van der Waals surface area (Å²) in [5, 5.41) is 0.291. The number of Topliss-reactive ketones (excluding diaryl/α,β-unsaturated/α-hetero) is 1. The average molecular weight is 325 g/mol. The number of carbonyl (C=O) groups excluding carboxylic acids is 1. The second kappa shape index (κ2) is 5.87. The molecule has 0 bridgehead atoms. The Hall–Kier alpha value is -1.85. The summed E-state index contributed by atoms with van der Waals surface area (Å²) in [6.45, 7) is 1.43. The normalized spacial score (nSPS) is 11.2. The van der Waals surface area contributed by atoms with Crippen molar-refractivity contribution in [2.45, 2.75) is 11.8 Å². The molecule has 0 aliphatic rings. The lowest BCUT2D eigenvalue weighted by atomic mass is 10.1. The number of ketones is 1. The number of sulfone groups is 1. The SMILES string of the molecule is CC(=O)c1ccc(Oc2cccc(S(C)(=O)=O)c2)cc1Cl. The highest BCUT2D eigenvalue weighted by Crippen LogP contribution is 2.28. The van der Waals surface area contributed by atoms with E-state index in [0.717, 1.165) is 6.26 Å². The van der Waals surface area contributed by atoms with Crippen LogP contribution in [0.3, 0.4) is 0 Å². The molecule has 2 rings (SSSR count). The number of hydrogen-bond donors (Lipinski definition) is 0. The van der Waals surface area contributed by atoms with Crippen molar-refractivity contribution in [2.24, 2.45) is 0 Å². The van der Waals surface area contributed by atoms with E-state index in [-0.39, 0.29) is 10.7 Å². The van der Waals surface area contributed by atoms with Gasteiger partial charge < -0.3 is 4.74 Å². The molecule has 0 unspecified atom stereocenters. The van der Waals surface area contributed by atoms with Crippen LogP contribution < -0.4 is 4.74 Å². The summed E-state index contributed by atoms with van der Waals surface area (Å²) in [5.41, 5.74) is 0.411. The van der Waals surface area contributed by atoms with Crippen molar-refractivity contribution in [1.82, 2.24) is 0 Å². The number of ether oxygens (including phenoxy) is 1. The summed E-state index contributed by atoms with van der Waals surface area (Å²) in [4.78, 5) is 11.5. The van der Waals surface area contributed by atoms with Crippen LogP contribution in [0.15, 0.2) is 47.4 Å². The fourth-order valence-electron chi connectivity index (χ4n) is 1.75. The molecule has 6 heteroatoms. The van der Waals surface area contributed by atoms with Gasteiger partial charge in [-0.3, -0.25) is 4.79 Å². The van der Waals surface area contributed by atoms with E-state index in [1.165, 1.54) is 25.1 Å². The molecular weight excluding hydrogens is 312 g/mol. The highest BCUT2D eigenvalue weighted by molar-refractivity contribution is 7.90. The van der Waals surface area contributed by atoms with Gasteiger partial charge in [-0.25, -0.2) is 8.42 Å². The van der Waals surface area contributed by atoms with E-state index in [4.69, 9.17) is 16.3 Å². The van der Waals surface area contributed by atoms with Crippen LogP contribution in [0.1, 0.15) is 17.3 Å². The third kappa shape index (κ3) is 3.83. The lowest BCUT2D eigenvalue weighted by molar-refractivity contribution is 0.101. The zero-order valence-electron chi connectivity index (χ0n) is 11.5. The van der Waals surface area contributed by atoms with Gasteiger partial charge in [-0.15, -0.1) is 0 Å². The van der Waals surface area contributed by atoms with E-state index >= 15 is 0 Å². The molecule has 0 aliphatic heterocycles. The molecule has 0 atom stereocenters. The van der Waals surface area contributed by atoms with Gasteiger partial charge in [0.05, 0.1) is 9.92 Å². The molecule has 110 valence electrons. The predicted molar refractivity (Wildman–Crippen MR) is 81.1 cm³/mol. The van der Waals surface area contributed by atoms with Gasteiger partial charge in [0.1, 0.15) is 11.5 Å². The molecule has 2 aromatic carbocycles. The van der Waals surface area contributed by atoms with Gasteiger partial charge in [-0.2, -0.15) is 0 Å². The molecule has 2 aromatic rings. The number of rotatable bonds is 4. The number of hydrogen-bond acceptors (Lipinski definition) is 4. The summed E-state index contributed by atoms with van der Waals surface area (Å²) in [6, 6.07) is 10.9. The highest BCUT2D eigenvalue weighted by atomic mass is 35.5. The molecule has 4 nitrogen and oxygen atoms in total. The van der Waals surface area contributed by atoms with Gasteiger partial charge in [0.15, 0.2) is 15.6 Å². The van der Waals surface area contributed by atoms with Crippen molar-refractivity contribution < 1.29 is 17.9 Å². The first-order valence-corrected chi connectivity index (χ1v) is 8.33. The number of carbonyl (C=O) groups is 1. The predicted octanol–water partition coefficient (Wildman–Crippen LogP) is 3.74. The molecule has 0 N–H and O–H groups in total. The van der Waals surface area contributed by atoms with Crippen LogP contribution in [-0.4, -0.2) is 20.5 Å². The van der Waals surface area contributed by atoms with E-state index in [9.17, 15) is 13.2 Å². The third-order valence-electron chi connectivity index (χ3n) is 2.79. The van der Waals surface area contributed by atoms with Crippen molar-refractivity contribution >= 4 is 27.2 Å². The van der Waals surface area contributed by atoms with Gasteiger partial charge in [0.2, 0.25) is 0 Å². The standard InChI is InChI=1S/C15H13ClO4S/c1-10(17)14-7-6-12(9-15(14)16)20-11-4-3-5-13(8-11)21(2,18)19/h3-9H,1-2H3. The maximum absolute atomic E-state index is 11.5. The molecule has 0 aliphatic carbocycles. The second-order valence-corrected chi connectivity index (χ2v) is 6.97. The second-order valence-electron chi connectivity index (χ2n) is 4.55. The summed E-state index contributed by atoms with van der Waals surface area (Å²) >= 11 is 6.00. The van der Waals surface area contributed by atoms with E-state index in [2.05, 4.69) is 0 Å². The molecule has 0 saturated heterocycles. The van der Waals surface area contributed by atoms with Gasteiger partial charge in [-0.05, 0) is 37.3 Å². The Morgan fingerprint density at radius 1 is 1.10 bits per heavy atom. The van der Waals surface area contributed by atoms with Crippen molar-refractivity contribution in [3.05, 3.63) is 53.1 Å². The van der Waals surface area contributed by atoms with Crippen LogP contribution in [0.2, 0.25) is 5.02 Å². The van der Waals surface area contributed by atoms with E-state index in [0.29, 0.717) is 22.1 Å². The third-order valence-corrected chi connectivity index (χ3v) is 4.21. The van der Waals surface area contributed by atoms with E-state index in [1.807, 2.05) is 0 Å². The molecular formula is C15H13ClO4S. The summed E-state index contributed by atoms with van der Waals surface area (Å²) in [6.07, 6.45) is 1.13. The molecule has 21 heavy (non-hydrogen) atoms. The summed E-state index contributed by atoms with van der Waals surface area (Å²) in [7, 11) is -3.29. The topological polar surface area (TPSA) is 60.4 Å². The van der Waals surface area contributed by atoms with Crippen LogP contribution in [-0.2, 0) is 9.84 Å². The van der Waals surface area contributed by atoms with Crippen LogP contribution in [0.5, 0.6) is 11.5 Å². The van der Waals surface area contributed by atoms with E-state index < -0.39 is 9.84 Å². The summed E-state index contributed by atoms with van der Waals surface area (Å²) < 4.78 is 28.6. The van der Waals surface area contributed by atoms with Crippen LogP contribution in [0.4, 0.5) is 0 Å². The fourth-order valence-corrected chi connectivity index (χ4v) is 2.71. The van der Waals surface area contributed by atoms with Crippen LogP contribution >= 0.6 is 11.6 Å². The van der Waals surface area contributed by atoms with Crippen molar-refractivity contribution in [3.63, 3.8) is 0 Å². The minimum Gasteiger partial charge on any atom is -0.457 e. The summed E-state index contributed by atoms with van der Waals surface area (Å²) in [5.74, 6) is 0.672. The van der Waals surface area contributed by atoms with Gasteiger partial charge in [0.25, 0.3) is 0 Å². The Bertz CT molecular complexity index is 797. The minimum atomic E-state index is -3.29. The number of benzene rings is 2. The quantitative estimate of drug-likeness (QED) is 0.804. The van der Waals surface area contributed by atoms with Crippen LogP contribution in [0, 0.1) is 0 Å². The molecule has 0 radical (unpaired) electrons. The number of halogens is 1. The average Bonchev–Trinajstić information content (AvgIpc) is 2.37. The molecule has 0 amide bonds. The van der Waals surface area contributed by atoms with Crippen molar-refractivity contribution in [3.8, 4) is 11.5 Å². The lowest BCUT2D eigenvalue weighted by Crippen LogP contribution is -1.97. The molecule has 0 fully saturated rings. The fraction of sp³-hybridized carbons (Fsp3) is 0.133. The lowest BCUT2D eigenvalue weighted by Gasteiger charge is -2.08. The largest absolute Gasteiger partial charge is 0.457 e. The Morgan fingerprint density at radius 2 is 1.76 bits per heavy atom. The Kier molecular flexibility index (Phi) is 4.34. The maximum atomic E-state index is 11.5. The first kappa shape index (κ1) is 15.5. The molecule has 0 aromatic heterocycles. The van der Waals surface area contributed by atoms with Gasteiger partial charge in [-0.1, -0.05) is 17.7 Å². The minimum absolute atomic E-state index is 0.134. The molecule has 0 saturated carbocycles. The maximum Gasteiger partial charge on any atom is 0.175 e. The molecule has 0 heterocycles. The highest BCUT2D eigenvalue weighted by Gasteiger charge is 2.10. The zero-order valence-corrected chi connectivity index (χ0v) is 13.0. The smallest absolute Gasteiger partial charge is 0.175 e. The first-order valence-electron chi connectivity index (χ1n) is 6.06. The first-order chi connectivity index (χ1) is 9.77.